The van der Waals surface area contributed by atoms with Gasteiger partial charge in [0.15, 0.2) is 12.0 Å². The van der Waals surface area contributed by atoms with Crippen molar-refractivity contribution in [3.63, 3.8) is 0 Å². The van der Waals surface area contributed by atoms with E-state index < -0.39 is 0 Å². The molecule has 0 saturated heterocycles. The van der Waals surface area contributed by atoms with E-state index in [1.165, 1.54) is 6.07 Å². The number of aldehydes is 1. The molecule has 1 aromatic carbocycles. The predicted octanol–water partition coefficient (Wildman–Crippen LogP) is 2.37. The highest BCUT2D eigenvalue weighted by molar-refractivity contribution is 5.92. The number of hydrogen-bond donors (Lipinski definition) is 0. The first-order valence-electron chi connectivity index (χ1n) is 5.57. The Labute approximate surface area is 97.8 Å². The number of furan rings is 1. The Morgan fingerprint density at radius 3 is 3.00 bits per heavy atom. The van der Waals surface area contributed by atoms with Crippen molar-refractivity contribution < 1.29 is 13.6 Å². The van der Waals surface area contributed by atoms with E-state index in [2.05, 4.69) is 4.90 Å². The van der Waals surface area contributed by atoms with Gasteiger partial charge in [-0.05, 0) is 25.6 Å². The van der Waals surface area contributed by atoms with Crippen LogP contribution in [0.3, 0.4) is 0 Å². The molecule has 2 heterocycles. The molecule has 1 aromatic heterocycles. The lowest BCUT2D eigenvalue weighted by Gasteiger charge is -2.12. The van der Waals surface area contributed by atoms with Crippen LogP contribution in [-0.4, -0.2) is 24.8 Å². The number of halogens is 1. The van der Waals surface area contributed by atoms with Crippen LogP contribution in [-0.2, 0) is 13.0 Å². The molecule has 0 aliphatic carbocycles. The second-order valence-corrected chi connectivity index (χ2v) is 4.45. The van der Waals surface area contributed by atoms with E-state index in [0.717, 1.165) is 17.5 Å². The third-order valence-electron chi connectivity index (χ3n) is 3.32. The first-order valence-corrected chi connectivity index (χ1v) is 5.57. The fraction of sp³-hybridized carbons (Fsp3) is 0.308. The van der Waals surface area contributed by atoms with Gasteiger partial charge in [0, 0.05) is 29.6 Å². The van der Waals surface area contributed by atoms with E-state index in [1.54, 1.807) is 6.07 Å². The van der Waals surface area contributed by atoms with Crippen molar-refractivity contribution in [2.75, 3.05) is 13.6 Å². The molecule has 0 bridgehead atoms. The molecule has 0 fully saturated rings. The van der Waals surface area contributed by atoms with Gasteiger partial charge in [-0.1, -0.05) is 0 Å². The molecule has 2 aromatic rings. The Morgan fingerprint density at radius 2 is 2.24 bits per heavy atom. The lowest BCUT2D eigenvalue weighted by Crippen LogP contribution is -2.19. The number of carbonyl (C=O) groups excluding carboxylic acids is 1. The summed E-state index contributed by atoms with van der Waals surface area (Å²) in [4.78, 5) is 13.1. The van der Waals surface area contributed by atoms with Gasteiger partial charge in [-0.2, -0.15) is 0 Å². The van der Waals surface area contributed by atoms with Gasteiger partial charge in [-0.25, -0.2) is 4.39 Å². The second-order valence-electron chi connectivity index (χ2n) is 4.45. The summed E-state index contributed by atoms with van der Waals surface area (Å²) in [5.41, 5.74) is 2.08. The third kappa shape index (κ3) is 1.48. The molecule has 1 aliphatic rings. The molecule has 88 valence electrons. The molecule has 0 amide bonds. The SMILES string of the molecule is CN1CCc2c(F)ccc3oc(C=O)c(c23)C1. The zero-order chi connectivity index (χ0) is 12.0. The molecular weight excluding hydrogens is 221 g/mol. The lowest BCUT2D eigenvalue weighted by atomic mass is 10.0. The first kappa shape index (κ1) is 10.5. The second kappa shape index (κ2) is 3.67. The lowest BCUT2D eigenvalue weighted by molar-refractivity contribution is 0.110. The monoisotopic (exact) mass is 233 g/mol. The summed E-state index contributed by atoms with van der Waals surface area (Å²) in [6.07, 6.45) is 1.35. The van der Waals surface area contributed by atoms with Crippen LogP contribution in [0.4, 0.5) is 4.39 Å². The highest BCUT2D eigenvalue weighted by Crippen LogP contribution is 2.33. The summed E-state index contributed by atoms with van der Waals surface area (Å²) in [5, 5.41) is 0.788. The summed E-state index contributed by atoms with van der Waals surface area (Å²) < 4.78 is 19.3. The predicted molar refractivity (Wildman–Crippen MR) is 61.6 cm³/mol. The van der Waals surface area contributed by atoms with Crippen molar-refractivity contribution in [2.45, 2.75) is 13.0 Å². The smallest absolute Gasteiger partial charge is 0.185 e. The summed E-state index contributed by atoms with van der Waals surface area (Å²) in [6.45, 7) is 1.40. The number of carbonyl (C=O) groups is 1. The largest absolute Gasteiger partial charge is 0.453 e. The van der Waals surface area contributed by atoms with Gasteiger partial charge >= 0.3 is 0 Å². The molecule has 0 atom stereocenters. The maximum Gasteiger partial charge on any atom is 0.185 e. The van der Waals surface area contributed by atoms with Gasteiger partial charge in [0.1, 0.15) is 11.4 Å². The molecular formula is C13H12FNO2. The van der Waals surface area contributed by atoms with Gasteiger partial charge in [0.25, 0.3) is 0 Å². The zero-order valence-electron chi connectivity index (χ0n) is 9.50. The van der Waals surface area contributed by atoms with Crippen molar-refractivity contribution >= 4 is 17.3 Å². The van der Waals surface area contributed by atoms with E-state index in [1.807, 2.05) is 7.05 Å². The first-order chi connectivity index (χ1) is 8.20. The number of nitrogens with zero attached hydrogens (tertiary/aromatic N) is 1. The molecule has 0 unspecified atom stereocenters. The van der Waals surface area contributed by atoms with Gasteiger partial charge in [-0.3, -0.25) is 4.79 Å². The van der Waals surface area contributed by atoms with Gasteiger partial charge in [0.2, 0.25) is 0 Å². The minimum absolute atomic E-state index is 0.215. The fourth-order valence-electron chi connectivity index (χ4n) is 2.47. The summed E-state index contributed by atoms with van der Waals surface area (Å²) in [5.74, 6) is 0.105. The van der Waals surface area contributed by atoms with E-state index in [0.29, 0.717) is 36.2 Å². The van der Waals surface area contributed by atoms with Gasteiger partial charge in [-0.15, -0.1) is 0 Å². The normalized spacial score (nSPS) is 16.1. The Balaban J connectivity index is 2.39. The quantitative estimate of drug-likeness (QED) is 0.709. The van der Waals surface area contributed by atoms with Crippen molar-refractivity contribution in [1.29, 1.82) is 0 Å². The number of likely N-dealkylation sites (N-methyl/N-ethyl adjacent to an activating group) is 1. The van der Waals surface area contributed by atoms with Crippen LogP contribution in [0, 0.1) is 5.82 Å². The summed E-state index contributed by atoms with van der Waals surface area (Å²) in [7, 11) is 1.96. The van der Waals surface area contributed by atoms with E-state index >= 15 is 0 Å². The Hall–Kier alpha value is -1.68. The number of hydrogen-bond acceptors (Lipinski definition) is 3. The fourth-order valence-corrected chi connectivity index (χ4v) is 2.47. The molecule has 0 N–H and O–H groups in total. The maximum atomic E-state index is 13.8. The van der Waals surface area contributed by atoms with Crippen LogP contribution >= 0.6 is 0 Å². The average Bonchev–Trinajstić information content (AvgIpc) is 2.56. The van der Waals surface area contributed by atoms with Crippen molar-refractivity contribution in [2.24, 2.45) is 0 Å². The molecule has 4 heteroatoms. The van der Waals surface area contributed by atoms with Gasteiger partial charge < -0.3 is 9.32 Å². The van der Waals surface area contributed by atoms with Crippen LogP contribution in [0.1, 0.15) is 21.7 Å². The molecule has 1 aliphatic heterocycles. The minimum atomic E-state index is -0.215. The van der Waals surface area contributed by atoms with E-state index in [-0.39, 0.29) is 5.82 Å². The van der Waals surface area contributed by atoms with Crippen LogP contribution in [0.2, 0.25) is 0 Å². The maximum absolute atomic E-state index is 13.8. The Kier molecular flexibility index (Phi) is 2.26. The third-order valence-corrected chi connectivity index (χ3v) is 3.32. The Bertz CT molecular complexity index is 603. The molecule has 3 rings (SSSR count). The molecule has 0 radical (unpaired) electrons. The highest BCUT2D eigenvalue weighted by Gasteiger charge is 2.23. The average molecular weight is 233 g/mol. The van der Waals surface area contributed by atoms with Crippen LogP contribution in [0.25, 0.3) is 11.0 Å². The Morgan fingerprint density at radius 1 is 1.41 bits per heavy atom. The molecule has 0 saturated carbocycles. The van der Waals surface area contributed by atoms with Crippen LogP contribution < -0.4 is 0 Å². The molecule has 3 nitrogen and oxygen atoms in total. The van der Waals surface area contributed by atoms with E-state index in [4.69, 9.17) is 4.42 Å². The molecule has 0 spiro atoms. The summed E-state index contributed by atoms with van der Waals surface area (Å²) in [6, 6.07) is 3.00. The standard InChI is InChI=1S/C13H12FNO2/c1-15-5-4-8-10(14)2-3-11-13(8)9(6-15)12(7-16)17-11/h2-3,7H,4-6H2,1H3. The van der Waals surface area contributed by atoms with Crippen molar-refractivity contribution in [3.05, 3.63) is 34.8 Å². The van der Waals surface area contributed by atoms with Crippen LogP contribution in [0.5, 0.6) is 0 Å². The number of benzene rings is 1. The van der Waals surface area contributed by atoms with Crippen LogP contribution in [0.15, 0.2) is 16.5 Å². The van der Waals surface area contributed by atoms with E-state index in [9.17, 15) is 9.18 Å². The van der Waals surface area contributed by atoms with Crippen molar-refractivity contribution in [1.82, 2.24) is 4.90 Å². The van der Waals surface area contributed by atoms with Gasteiger partial charge in [0.05, 0.1) is 0 Å². The number of rotatable bonds is 1. The summed E-state index contributed by atoms with van der Waals surface area (Å²) >= 11 is 0. The molecule has 17 heavy (non-hydrogen) atoms. The van der Waals surface area contributed by atoms with Crippen molar-refractivity contribution in [3.8, 4) is 0 Å². The minimum Gasteiger partial charge on any atom is -0.453 e. The topological polar surface area (TPSA) is 33.5 Å². The highest BCUT2D eigenvalue weighted by atomic mass is 19.1. The zero-order valence-corrected chi connectivity index (χ0v) is 9.50.